The molecule has 0 spiro atoms. The third-order valence-electron chi connectivity index (χ3n) is 2.80. The molecule has 2 heteroatoms. The second kappa shape index (κ2) is 5.24. The van der Waals surface area contributed by atoms with Gasteiger partial charge in [0.1, 0.15) is 12.4 Å². The van der Waals surface area contributed by atoms with Gasteiger partial charge in [0.05, 0.1) is 0 Å². The summed E-state index contributed by atoms with van der Waals surface area (Å²) in [5, 5.41) is 0.787. The molecule has 1 nitrogen and oxygen atoms in total. The lowest BCUT2D eigenvalue weighted by Gasteiger charge is -2.09. The van der Waals surface area contributed by atoms with Gasteiger partial charge in [-0.3, -0.25) is 0 Å². The minimum atomic E-state index is 0.551. The van der Waals surface area contributed by atoms with Crippen LogP contribution in [0, 0.1) is 13.8 Å². The van der Waals surface area contributed by atoms with E-state index >= 15 is 0 Å². The Morgan fingerprint density at radius 3 is 2.41 bits per heavy atom. The first-order valence-corrected chi connectivity index (χ1v) is 5.98. The Labute approximate surface area is 107 Å². The summed E-state index contributed by atoms with van der Waals surface area (Å²) in [7, 11) is 0. The third-order valence-corrected chi connectivity index (χ3v) is 3.20. The smallest absolute Gasteiger partial charge is 0.119 e. The topological polar surface area (TPSA) is 9.23 Å². The lowest BCUT2D eigenvalue weighted by atomic mass is 10.1. The summed E-state index contributed by atoms with van der Waals surface area (Å²) >= 11 is 6.06. The molecule has 2 aromatic carbocycles. The molecule has 0 bridgehead atoms. The van der Waals surface area contributed by atoms with Gasteiger partial charge in [-0.1, -0.05) is 41.4 Å². The standard InChI is InChI=1S/C15H15ClO/c1-11-6-8-14(9-7-11)17-10-13-4-3-5-15(16)12(13)2/h3-9H,10H2,1-2H3. The van der Waals surface area contributed by atoms with Crippen LogP contribution in [0.2, 0.25) is 5.02 Å². The van der Waals surface area contributed by atoms with Crippen LogP contribution in [0.5, 0.6) is 5.75 Å². The number of hydrogen-bond acceptors (Lipinski definition) is 1. The van der Waals surface area contributed by atoms with Gasteiger partial charge >= 0.3 is 0 Å². The van der Waals surface area contributed by atoms with Crippen LogP contribution in [0.3, 0.4) is 0 Å². The minimum absolute atomic E-state index is 0.551. The molecule has 0 heterocycles. The highest BCUT2D eigenvalue weighted by molar-refractivity contribution is 6.31. The molecule has 0 saturated heterocycles. The fraction of sp³-hybridized carbons (Fsp3) is 0.200. The maximum absolute atomic E-state index is 6.06. The molecule has 17 heavy (non-hydrogen) atoms. The molecule has 0 unspecified atom stereocenters. The average Bonchev–Trinajstić information content (AvgIpc) is 2.33. The van der Waals surface area contributed by atoms with Crippen LogP contribution in [0.4, 0.5) is 0 Å². The van der Waals surface area contributed by atoms with Crippen LogP contribution in [0.15, 0.2) is 42.5 Å². The number of ether oxygens (including phenoxy) is 1. The van der Waals surface area contributed by atoms with E-state index < -0.39 is 0 Å². The van der Waals surface area contributed by atoms with Crippen LogP contribution >= 0.6 is 11.6 Å². The van der Waals surface area contributed by atoms with Crippen molar-refractivity contribution < 1.29 is 4.74 Å². The van der Waals surface area contributed by atoms with Gasteiger partial charge < -0.3 is 4.74 Å². The maximum atomic E-state index is 6.06. The van der Waals surface area contributed by atoms with Crippen molar-refractivity contribution >= 4 is 11.6 Å². The molecule has 2 rings (SSSR count). The summed E-state index contributed by atoms with van der Waals surface area (Å²) in [6.07, 6.45) is 0. The highest BCUT2D eigenvalue weighted by Crippen LogP contribution is 2.20. The Morgan fingerprint density at radius 2 is 1.71 bits per heavy atom. The second-order valence-corrected chi connectivity index (χ2v) is 4.53. The Hall–Kier alpha value is -1.47. The average molecular weight is 247 g/mol. The number of rotatable bonds is 3. The summed E-state index contributed by atoms with van der Waals surface area (Å²) in [5.41, 5.74) is 3.44. The zero-order valence-corrected chi connectivity index (χ0v) is 10.8. The molecule has 0 radical (unpaired) electrons. The van der Waals surface area contributed by atoms with E-state index in [9.17, 15) is 0 Å². The van der Waals surface area contributed by atoms with E-state index in [1.807, 2.05) is 49.4 Å². The highest BCUT2D eigenvalue weighted by Gasteiger charge is 2.02. The molecule has 88 valence electrons. The van der Waals surface area contributed by atoms with Crippen molar-refractivity contribution in [1.82, 2.24) is 0 Å². The first-order valence-electron chi connectivity index (χ1n) is 5.60. The van der Waals surface area contributed by atoms with Crippen LogP contribution in [0.25, 0.3) is 0 Å². The van der Waals surface area contributed by atoms with Gasteiger partial charge in [0.15, 0.2) is 0 Å². The van der Waals surface area contributed by atoms with Crippen molar-refractivity contribution in [1.29, 1.82) is 0 Å². The van der Waals surface area contributed by atoms with Crippen LogP contribution in [0.1, 0.15) is 16.7 Å². The van der Waals surface area contributed by atoms with Crippen LogP contribution in [-0.2, 0) is 6.61 Å². The number of aryl methyl sites for hydroxylation is 1. The van der Waals surface area contributed by atoms with E-state index in [1.54, 1.807) is 0 Å². The number of hydrogen-bond donors (Lipinski definition) is 0. The molecule has 0 aliphatic heterocycles. The van der Waals surface area contributed by atoms with Crippen molar-refractivity contribution in [2.45, 2.75) is 20.5 Å². The molecular formula is C15H15ClO. The summed E-state index contributed by atoms with van der Waals surface area (Å²) in [4.78, 5) is 0. The zero-order valence-electron chi connectivity index (χ0n) is 10.0. The Bertz CT molecular complexity index is 503. The zero-order chi connectivity index (χ0) is 12.3. The SMILES string of the molecule is Cc1ccc(OCc2cccc(Cl)c2C)cc1. The molecular weight excluding hydrogens is 232 g/mol. The molecule has 2 aromatic rings. The Kier molecular flexibility index (Phi) is 3.70. The highest BCUT2D eigenvalue weighted by atomic mass is 35.5. The minimum Gasteiger partial charge on any atom is -0.489 e. The Morgan fingerprint density at radius 1 is 1.00 bits per heavy atom. The van der Waals surface area contributed by atoms with Crippen LogP contribution in [-0.4, -0.2) is 0 Å². The number of halogens is 1. The van der Waals surface area contributed by atoms with E-state index in [0.29, 0.717) is 6.61 Å². The van der Waals surface area contributed by atoms with Gasteiger partial charge in [-0.25, -0.2) is 0 Å². The summed E-state index contributed by atoms with van der Waals surface area (Å²) in [5.74, 6) is 0.884. The first kappa shape index (κ1) is 12.0. The fourth-order valence-electron chi connectivity index (χ4n) is 1.60. The lowest BCUT2D eigenvalue weighted by molar-refractivity contribution is 0.305. The maximum Gasteiger partial charge on any atom is 0.119 e. The van der Waals surface area contributed by atoms with E-state index in [4.69, 9.17) is 16.3 Å². The van der Waals surface area contributed by atoms with E-state index in [-0.39, 0.29) is 0 Å². The van der Waals surface area contributed by atoms with Crippen molar-refractivity contribution in [3.05, 3.63) is 64.2 Å². The van der Waals surface area contributed by atoms with Crippen LogP contribution < -0.4 is 4.74 Å². The molecule has 0 N–H and O–H groups in total. The normalized spacial score (nSPS) is 10.3. The predicted molar refractivity (Wildman–Crippen MR) is 71.7 cm³/mol. The molecule has 0 fully saturated rings. The van der Waals surface area contributed by atoms with E-state index in [0.717, 1.165) is 21.9 Å². The molecule has 0 atom stereocenters. The molecule has 0 aliphatic carbocycles. The summed E-state index contributed by atoms with van der Waals surface area (Å²) < 4.78 is 5.72. The summed E-state index contributed by atoms with van der Waals surface area (Å²) in [6.45, 7) is 4.62. The van der Waals surface area contributed by atoms with Gasteiger partial charge in [0.2, 0.25) is 0 Å². The van der Waals surface area contributed by atoms with Gasteiger partial charge in [-0.05, 0) is 43.2 Å². The monoisotopic (exact) mass is 246 g/mol. The molecule has 0 aliphatic rings. The molecule has 0 saturated carbocycles. The first-order chi connectivity index (χ1) is 8.16. The van der Waals surface area contributed by atoms with Gasteiger partial charge in [0.25, 0.3) is 0 Å². The van der Waals surface area contributed by atoms with Gasteiger partial charge in [-0.15, -0.1) is 0 Å². The molecule has 0 aromatic heterocycles. The van der Waals surface area contributed by atoms with Gasteiger partial charge in [0, 0.05) is 5.02 Å². The fourth-order valence-corrected chi connectivity index (χ4v) is 1.80. The number of benzene rings is 2. The Balaban J connectivity index is 2.07. The van der Waals surface area contributed by atoms with Crippen molar-refractivity contribution in [2.24, 2.45) is 0 Å². The lowest BCUT2D eigenvalue weighted by Crippen LogP contribution is -1.98. The van der Waals surface area contributed by atoms with Crippen molar-refractivity contribution in [3.63, 3.8) is 0 Å². The van der Waals surface area contributed by atoms with E-state index in [1.165, 1.54) is 5.56 Å². The largest absolute Gasteiger partial charge is 0.489 e. The third kappa shape index (κ3) is 3.01. The molecule has 0 amide bonds. The second-order valence-electron chi connectivity index (χ2n) is 4.13. The predicted octanol–water partition coefficient (Wildman–Crippen LogP) is 4.54. The van der Waals surface area contributed by atoms with Crippen molar-refractivity contribution in [3.8, 4) is 5.75 Å². The quantitative estimate of drug-likeness (QED) is 0.773. The summed E-state index contributed by atoms with van der Waals surface area (Å²) in [6, 6.07) is 13.9. The van der Waals surface area contributed by atoms with E-state index in [2.05, 4.69) is 6.92 Å². The van der Waals surface area contributed by atoms with Crippen molar-refractivity contribution in [2.75, 3.05) is 0 Å². The van der Waals surface area contributed by atoms with Gasteiger partial charge in [-0.2, -0.15) is 0 Å².